The van der Waals surface area contributed by atoms with E-state index in [4.69, 9.17) is 11.6 Å². The predicted molar refractivity (Wildman–Crippen MR) is 47.6 cm³/mol. The molecule has 82 valence electrons. The lowest BCUT2D eigenvalue weighted by atomic mass is 10.2. The van der Waals surface area contributed by atoms with Crippen molar-refractivity contribution >= 4 is 17.6 Å². The van der Waals surface area contributed by atoms with Gasteiger partial charge in [-0.15, -0.1) is 10.2 Å². The molecule has 1 heterocycles. The molecular formula is C8H7ClF2N2O2. The Kier molecular flexibility index (Phi) is 3.52. The van der Waals surface area contributed by atoms with E-state index in [1.54, 1.807) is 0 Å². The lowest BCUT2D eigenvalue weighted by Gasteiger charge is -2.12. The van der Waals surface area contributed by atoms with E-state index in [1.165, 1.54) is 6.92 Å². The predicted octanol–water partition coefficient (Wildman–Crippen LogP) is 1.78. The molecule has 0 fully saturated rings. The number of nitrogens with zero attached hydrogens (tertiary/aromatic N) is 2. The Labute approximate surface area is 89.2 Å². The smallest absolute Gasteiger partial charge is 0.386 e. The van der Waals surface area contributed by atoms with Crippen molar-refractivity contribution in [3.05, 3.63) is 23.0 Å². The minimum absolute atomic E-state index is 0.0293. The summed E-state index contributed by atoms with van der Waals surface area (Å²) in [4.78, 5) is 10.9. The van der Waals surface area contributed by atoms with Gasteiger partial charge in [0.05, 0.1) is 6.61 Å². The van der Waals surface area contributed by atoms with Gasteiger partial charge >= 0.3 is 11.9 Å². The van der Waals surface area contributed by atoms with Gasteiger partial charge in [0.25, 0.3) is 0 Å². The first-order valence-corrected chi connectivity index (χ1v) is 4.41. The van der Waals surface area contributed by atoms with Gasteiger partial charge in [-0.2, -0.15) is 8.78 Å². The minimum atomic E-state index is -3.80. The summed E-state index contributed by atoms with van der Waals surface area (Å²) >= 11 is 5.37. The Hall–Kier alpha value is -1.30. The Bertz CT molecular complexity index is 356. The number of hydrogen-bond acceptors (Lipinski definition) is 4. The van der Waals surface area contributed by atoms with Crippen LogP contribution in [-0.2, 0) is 15.5 Å². The van der Waals surface area contributed by atoms with Crippen molar-refractivity contribution in [3.63, 3.8) is 0 Å². The third-order valence-corrected chi connectivity index (χ3v) is 1.69. The second kappa shape index (κ2) is 4.48. The number of ether oxygens (including phenoxy) is 1. The summed E-state index contributed by atoms with van der Waals surface area (Å²) < 4.78 is 30.7. The number of rotatable bonds is 3. The molecule has 0 amide bonds. The Morgan fingerprint density at radius 3 is 2.67 bits per heavy atom. The molecule has 7 heteroatoms. The van der Waals surface area contributed by atoms with Crippen LogP contribution < -0.4 is 0 Å². The van der Waals surface area contributed by atoms with Crippen LogP contribution in [0.15, 0.2) is 12.1 Å². The molecule has 0 saturated carbocycles. The molecule has 0 unspecified atom stereocenters. The molecule has 0 radical (unpaired) electrons. The molecule has 15 heavy (non-hydrogen) atoms. The molecule has 0 saturated heterocycles. The highest BCUT2D eigenvalue weighted by Crippen LogP contribution is 2.27. The standard InChI is InChI=1S/C8H7ClF2N2O2/c1-2-15-7(14)8(10,11)5-3-4-6(9)13-12-5/h3-4H,2H2,1H3. The Morgan fingerprint density at radius 1 is 1.53 bits per heavy atom. The molecule has 0 atom stereocenters. The van der Waals surface area contributed by atoms with Gasteiger partial charge in [0.1, 0.15) is 5.69 Å². The fourth-order valence-electron chi connectivity index (χ4n) is 0.810. The summed E-state index contributed by atoms with van der Waals surface area (Å²) in [7, 11) is 0. The van der Waals surface area contributed by atoms with Crippen molar-refractivity contribution in [1.29, 1.82) is 0 Å². The topological polar surface area (TPSA) is 52.1 Å². The molecule has 0 aliphatic rings. The maximum absolute atomic E-state index is 13.2. The molecule has 0 N–H and O–H groups in total. The van der Waals surface area contributed by atoms with Crippen LogP contribution >= 0.6 is 11.6 Å². The van der Waals surface area contributed by atoms with Crippen molar-refractivity contribution in [3.8, 4) is 0 Å². The van der Waals surface area contributed by atoms with E-state index in [0.29, 0.717) is 0 Å². The molecule has 1 aromatic heterocycles. The summed E-state index contributed by atoms with van der Waals surface area (Å²) in [6.07, 6.45) is 0. The van der Waals surface area contributed by atoms with Crippen molar-refractivity contribution < 1.29 is 18.3 Å². The average Bonchev–Trinajstić information content (AvgIpc) is 2.18. The van der Waals surface area contributed by atoms with Gasteiger partial charge in [-0.05, 0) is 19.1 Å². The van der Waals surface area contributed by atoms with Crippen molar-refractivity contribution in [1.82, 2.24) is 10.2 Å². The van der Waals surface area contributed by atoms with Gasteiger partial charge in [0.2, 0.25) is 0 Å². The first-order chi connectivity index (χ1) is 6.98. The number of carbonyl (C=O) groups is 1. The number of carbonyl (C=O) groups excluding carboxylic acids is 1. The molecule has 0 aromatic carbocycles. The highest BCUT2D eigenvalue weighted by molar-refractivity contribution is 6.29. The zero-order chi connectivity index (χ0) is 11.5. The van der Waals surface area contributed by atoms with Gasteiger partial charge < -0.3 is 4.74 Å². The van der Waals surface area contributed by atoms with Crippen LogP contribution in [0.25, 0.3) is 0 Å². The molecular weight excluding hydrogens is 230 g/mol. The first-order valence-electron chi connectivity index (χ1n) is 4.03. The molecule has 4 nitrogen and oxygen atoms in total. The summed E-state index contributed by atoms with van der Waals surface area (Å²) in [5.74, 6) is -5.45. The van der Waals surface area contributed by atoms with E-state index < -0.39 is 17.6 Å². The van der Waals surface area contributed by atoms with Gasteiger partial charge in [0, 0.05) is 0 Å². The van der Waals surface area contributed by atoms with E-state index in [1.807, 2.05) is 0 Å². The van der Waals surface area contributed by atoms with Crippen LogP contribution in [-0.4, -0.2) is 22.8 Å². The van der Waals surface area contributed by atoms with Gasteiger partial charge in [-0.3, -0.25) is 0 Å². The zero-order valence-corrected chi connectivity index (χ0v) is 8.46. The van der Waals surface area contributed by atoms with Gasteiger partial charge in [0.15, 0.2) is 5.15 Å². The summed E-state index contributed by atoms with van der Waals surface area (Å²) in [6, 6.07) is 2.04. The van der Waals surface area contributed by atoms with Crippen molar-refractivity contribution in [2.75, 3.05) is 6.61 Å². The molecule has 0 spiro atoms. The van der Waals surface area contributed by atoms with Crippen molar-refractivity contribution in [2.24, 2.45) is 0 Å². The van der Waals surface area contributed by atoms with Crippen LogP contribution in [0.2, 0.25) is 5.15 Å². The van der Waals surface area contributed by atoms with Crippen LogP contribution in [0.5, 0.6) is 0 Å². The molecule has 1 rings (SSSR count). The number of hydrogen-bond donors (Lipinski definition) is 0. The average molecular weight is 237 g/mol. The highest BCUT2D eigenvalue weighted by atomic mass is 35.5. The van der Waals surface area contributed by atoms with Crippen LogP contribution in [0, 0.1) is 0 Å². The second-order valence-electron chi connectivity index (χ2n) is 2.54. The van der Waals surface area contributed by atoms with Gasteiger partial charge in [-0.1, -0.05) is 11.6 Å². The normalized spacial score (nSPS) is 11.2. The number of aromatic nitrogens is 2. The molecule has 0 bridgehead atoms. The number of halogens is 3. The largest absolute Gasteiger partial charge is 0.461 e. The molecule has 1 aromatic rings. The summed E-state index contributed by atoms with van der Waals surface area (Å²) in [6.45, 7) is 1.30. The van der Waals surface area contributed by atoms with Crippen molar-refractivity contribution in [2.45, 2.75) is 12.8 Å². The number of esters is 1. The van der Waals surface area contributed by atoms with Gasteiger partial charge in [-0.25, -0.2) is 4.79 Å². The van der Waals surface area contributed by atoms with E-state index in [2.05, 4.69) is 14.9 Å². The lowest BCUT2D eigenvalue weighted by molar-refractivity contribution is -0.173. The molecule has 0 aliphatic carbocycles. The van der Waals surface area contributed by atoms with E-state index >= 15 is 0 Å². The Balaban J connectivity index is 2.94. The first kappa shape index (κ1) is 11.8. The van der Waals surface area contributed by atoms with E-state index in [0.717, 1.165) is 12.1 Å². The van der Waals surface area contributed by atoms with E-state index in [9.17, 15) is 13.6 Å². The van der Waals surface area contributed by atoms with Crippen LogP contribution in [0.3, 0.4) is 0 Å². The fourth-order valence-corrected chi connectivity index (χ4v) is 0.911. The maximum Gasteiger partial charge on any atom is 0.386 e. The highest BCUT2D eigenvalue weighted by Gasteiger charge is 2.44. The lowest BCUT2D eigenvalue weighted by Crippen LogP contribution is -2.29. The third kappa shape index (κ3) is 2.59. The summed E-state index contributed by atoms with van der Waals surface area (Å²) in [5, 5.41) is 6.31. The molecule has 0 aliphatic heterocycles. The zero-order valence-electron chi connectivity index (χ0n) is 7.71. The quantitative estimate of drug-likeness (QED) is 0.751. The van der Waals surface area contributed by atoms with Crippen LogP contribution in [0.4, 0.5) is 8.78 Å². The van der Waals surface area contributed by atoms with E-state index in [-0.39, 0.29) is 11.8 Å². The minimum Gasteiger partial charge on any atom is -0.461 e. The second-order valence-corrected chi connectivity index (χ2v) is 2.92. The van der Waals surface area contributed by atoms with Crippen LogP contribution in [0.1, 0.15) is 12.6 Å². The fraction of sp³-hybridized carbons (Fsp3) is 0.375. The number of alkyl halides is 2. The monoisotopic (exact) mass is 236 g/mol. The Morgan fingerprint density at radius 2 is 2.20 bits per heavy atom. The SMILES string of the molecule is CCOC(=O)C(F)(F)c1ccc(Cl)nn1. The maximum atomic E-state index is 13.2. The summed E-state index contributed by atoms with van der Waals surface area (Å²) in [5.41, 5.74) is -0.787. The third-order valence-electron chi connectivity index (χ3n) is 1.49.